The summed E-state index contributed by atoms with van der Waals surface area (Å²) in [5.41, 5.74) is 0. The lowest BCUT2D eigenvalue weighted by Gasteiger charge is -1.92. The van der Waals surface area contributed by atoms with Crippen molar-refractivity contribution in [2.45, 2.75) is 4.11 Å². The summed E-state index contributed by atoms with van der Waals surface area (Å²) < 4.78 is 4.98. The van der Waals surface area contributed by atoms with Crippen LogP contribution in [0.3, 0.4) is 0 Å². The fourth-order valence-electron chi connectivity index (χ4n) is 0.384. The molecule has 0 spiro atoms. The van der Waals surface area contributed by atoms with Crippen LogP contribution in [0.2, 0.25) is 0 Å². The molecule has 0 aromatic rings. The lowest BCUT2D eigenvalue weighted by atomic mass is 10.7. The van der Waals surface area contributed by atoms with Crippen molar-refractivity contribution < 1.29 is 4.74 Å². The van der Waals surface area contributed by atoms with Gasteiger partial charge in [-0.2, -0.15) is 0 Å². The lowest BCUT2D eigenvalue weighted by molar-refractivity contribution is 0.332. The van der Waals surface area contributed by atoms with E-state index in [-0.39, 0.29) is 10.1 Å². The molecule has 1 unspecified atom stereocenters. The second-order valence-electron chi connectivity index (χ2n) is 1.24. The SMILES string of the molecule is N=C1NCC(I)O1. The van der Waals surface area contributed by atoms with E-state index in [1.165, 1.54) is 0 Å². The number of nitrogens with one attached hydrogen (secondary N) is 2. The zero-order valence-electron chi connectivity index (χ0n) is 3.57. The zero-order chi connectivity index (χ0) is 5.28. The summed E-state index contributed by atoms with van der Waals surface area (Å²) in [7, 11) is 0. The first-order valence-corrected chi connectivity index (χ1v) is 3.17. The molecule has 1 fully saturated rings. The fraction of sp³-hybridized carbons (Fsp3) is 0.667. The molecular weight excluding hydrogens is 207 g/mol. The number of hydrogen-bond acceptors (Lipinski definition) is 2. The summed E-state index contributed by atoms with van der Waals surface area (Å²) in [5.74, 6) is 0. The molecule has 1 aliphatic rings. The Labute approximate surface area is 55.1 Å². The lowest BCUT2D eigenvalue weighted by Crippen LogP contribution is -2.13. The van der Waals surface area contributed by atoms with Crippen LogP contribution in [-0.2, 0) is 4.74 Å². The minimum absolute atomic E-state index is 0.157. The highest BCUT2D eigenvalue weighted by molar-refractivity contribution is 14.1. The maximum Gasteiger partial charge on any atom is 0.282 e. The first-order valence-electron chi connectivity index (χ1n) is 1.92. The van der Waals surface area contributed by atoms with Gasteiger partial charge in [0.25, 0.3) is 6.02 Å². The van der Waals surface area contributed by atoms with E-state index in [9.17, 15) is 0 Å². The largest absolute Gasteiger partial charge is 0.450 e. The summed E-state index contributed by atoms with van der Waals surface area (Å²) in [5, 5.41) is 9.56. The molecule has 1 rings (SSSR count). The third-order valence-electron chi connectivity index (χ3n) is 0.669. The standard InChI is InChI=1S/C3H5IN2O/c4-2-1-6-3(5)7-2/h2H,1H2,(H2,5,6). The molecule has 0 amide bonds. The molecule has 4 heteroatoms. The molecule has 0 aliphatic carbocycles. The highest BCUT2D eigenvalue weighted by Crippen LogP contribution is 2.05. The van der Waals surface area contributed by atoms with E-state index in [0.29, 0.717) is 0 Å². The van der Waals surface area contributed by atoms with Gasteiger partial charge in [-0.25, -0.2) is 0 Å². The average molecular weight is 212 g/mol. The van der Waals surface area contributed by atoms with Crippen LogP contribution in [0.25, 0.3) is 0 Å². The Bertz CT molecular complexity index is 94.9. The Hall–Kier alpha value is -0.0000000000000000555. The van der Waals surface area contributed by atoms with Gasteiger partial charge in [-0.1, -0.05) is 0 Å². The second-order valence-corrected chi connectivity index (χ2v) is 2.63. The van der Waals surface area contributed by atoms with E-state index in [1.807, 2.05) is 0 Å². The van der Waals surface area contributed by atoms with Crippen molar-refractivity contribution in [2.75, 3.05) is 6.54 Å². The molecule has 0 bridgehead atoms. The van der Waals surface area contributed by atoms with Gasteiger partial charge in [0.1, 0.15) is 0 Å². The topological polar surface area (TPSA) is 45.1 Å². The van der Waals surface area contributed by atoms with Crippen molar-refractivity contribution in [2.24, 2.45) is 0 Å². The predicted molar refractivity (Wildman–Crippen MR) is 34.6 cm³/mol. The fourth-order valence-corrected chi connectivity index (χ4v) is 0.859. The Kier molecular flexibility index (Phi) is 1.36. The van der Waals surface area contributed by atoms with Crippen LogP contribution in [0.5, 0.6) is 0 Å². The van der Waals surface area contributed by atoms with Crippen LogP contribution < -0.4 is 5.32 Å². The minimum atomic E-state index is 0.157. The van der Waals surface area contributed by atoms with E-state index in [2.05, 4.69) is 27.9 Å². The predicted octanol–water partition coefficient (Wildman–Crippen LogP) is 0.302. The molecule has 0 radical (unpaired) electrons. The van der Waals surface area contributed by atoms with E-state index in [0.717, 1.165) is 6.54 Å². The van der Waals surface area contributed by atoms with Gasteiger partial charge < -0.3 is 10.1 Å². The maximum atomic E-state index is 6.84. The van der Waals surface area contributed by atoms with Gasteiger partial charge >= 0.3 is 0 Å². The van der Waals surface area contributed by atoms with E-state index in [1.54, 1.807) is 0 Å². The number of halogens is 1. The third kappa shape index (κ3) is 1.19. The van der Waals surface area contributed by atoms with Gasteiger partial charge in [0.2, 0.25) is 0 Å². The van der Waals surface area contributed by atoms with Crippen molar-refractivity contribution in [3.63, 3.8) is 0 Å². The van der Waals surface area contributed by atoms with Crippen LogP contribution in [0.4, 0.5) is 0 Å². The Morgan fingerprint density at radius 2 is 2.71 bits per heavy atom. The van der Waals surface area contributed by atoms with E-state index < -0.39 is 0 Å². The monoisotopic (exact) mass is 212 g/mol. The number of ether oxygens (including phenoxy) is 1. The summed E-state index contributed by atoms with van der Waals surface area (Å²) >= 11 is 2.12. The van der Waals surface area contributed by atoms with Gasteiger partial charge in [0.05, 0.1) is 6.54 Å². The van der Waals surface area contributed by atoms with E-state index in [4.69, 9.17) is 10.1 Å². The Morgan fingerprint density at radius 3 is 2.86 bits per heavy atom. The van der Waals surface area contributed by atoms with Crippen molar-refractivity contribution in [3.8, 4) is 0 Å². The van der Waals surface area contributed by atoms with Gasteiger partial charge in [0.15, 0.2) is 4.11 Å². The minimum Gasteiger partial charge on any atom is -0.450 e. The molecule has 0 aromatic heterocycles. The highest BCUT2D eigenvalue weighted by Gasteiger charge is 2.14. The third-order valence-corrected chi connectivity index (χ3v) is 1.36. The summed E-state index contributed by atoms with van der Waals surface area (Å²) in [6.45, 7) is 0.763. The van der Waals surface area contributed by atoms with Gasteiger partial charge in [-0.15, -0.1) is 0 Å². The van der Waals surface area contributed by atoms with Crippen LogP contribution in [0.1, 0.15) is 0 Å². The first kappa shape index (κ1) is 5.14. The maximum absolute atomic E-state index is 6.84. The van der Waals surface area contributed by atoms with Crippen LogP contribution >= 0.6 is 22.6 Å². The van der Waals surface area contributed by atoms with Crippen molar-refractivity contribution in [1.82, 2.24) is 5.32 Å². The molecule has 1 saturated heterocycles. The summed E-state index contributed by atoms with van der Waals surface area (Å²) in [4.78, 5) is 0. The van der Waals surface area contributed by atoms with Crippen LogP contribution in [-0.4, -0.2) is 16.7 Å². The Morgan fingerprint density at radius 1 is 2.00 bits per heavy atom. The first-order chi connectivity index (χ1) is 3.29. The molecule has 1 heterocycles. The molecule has 0 aromatic carbocycles. The van der Waals surface area contributed by atoms with Crippen LogP contribution in [0.15, 0.2) is 0 Å². The number of alkyl halides is 1. The number of hydrogen-bond donors (Lipinski definition) is 2. The number of amidine groups is 1. The molecule has 0 saturated carbocycles. The molecule has 1 aliphatic heterocycles. The average Bonchev–Trinajstić information content (AvgIpc) is 1.87. The quantitative estimate of drug-likeness (QED) is 0.448. The molecule has 1 atom stereocenters. The summed E-state index contributed by atoms with van der Waals surface area (Å²) in [6.07, 6.45) is 0. The van der Waals surface area contributed by atoms with Gasteiger partial charge in [-0.05, 0) is 22.6 Å². The summed E-state index contributed by atoms with van der Waals surface area (Å²) in [6, 6.07) is 0.194. The van der Waals surface area contributed by atoms with Gasteiger partial charge in [0, 0.05) is 0 Å². The van der Waals surface area contributed by atoms with Gasteiger partial charge in [-0.3, -0.25) is 5.41 Å². The van der Waals surface area contributed by atoms with Crippen molar-refractivity contribution >= 4 is 28.6 Å². The zero-order valence-corrected chi connectivity index (χ0v) is 5.73. The molecule has 3 nitrogen and oxygen atoms in total. The highest BCUT2D eigenvalue weighted by atomic mass is 127. The molecular formula is C3H5IN2O. The van der Waals surface area contributed by atoms with E-state index >= 15 is 0 Å². The molecule has 2 N–H and O–H groups in total. The normalized spacial score (nSPS) is 29.3. The second kappa shape index (κ2) is 1.85. The Balaban J connectivity index is 2.40. The van der Waals surface area contributed by atoms with Crippen molar-refractivity contribution in [3.05, 3.63) is 0 Å². The van der Waals surface area contributed by atoms with Crippen LogP contribution in [0, 0.1) is 5.41 Å². The van der Waals surface area contributed by atoms with Crippen molar-refractivity contribution in [1.29, 1.82) is 5.41 Å². The smallest absolute Gasteiger partial charge is 0.282 e. The molecule has 40 valence electrons. The molecule has 7 heavy (non-hydrogen) atoms. The number of rotatable bonds is 0.